The van der Waals surface area contributed by atoms with Crippen LogP contribution < -0.4 is 5.32 Å². The summed E-state index contributed by atoms with van der Waals surface area (Å²) in [6.07, 6.45) is 5.43. The Bertz CT molecular complexity index is 321. The second-order valence-corrected chi connectivity index (χ2v) is 3.90. The van der Waals surface area contributed by atoms with Crippen LogP contribution in [0, 0.1) is 0 Å². The van der Waals surface area contributed by atoms with Gasteiger partial charge >= 0.3 is 0 Å². The second kappa shape index (κ2) is 6.83. The molecule has 0 atom stereocenters. The minimum atomic E-state index is -0.170. The molecule has 1 aliphatic heterocycles. The Hall–Kier alpha value is -1.65. The van der Waals surface area contributed by atoms with Crippen molar-refractivity contribution in [2.45, 2.75) is 32.6 Å². The average Bonchev–Trinajstić information content (AvgIpc) is 2.62. The number of allylic oxidation sites excluding steroid dienone is 1. The van der Waals surface area contributed by atoms with Gasteiger partial charge in [-0.15, -0.1) is 0 Å². The molecule has 1 saturated heterocycles. The zero-order valence-electron chi connectivity index (χ0n) is 10.1. The highest BCUT2D eigenvalue weighted by Crippen LogP contribution is 2.11. The molecule has 94 valence electrons. The minimum Gasteiger partial charge on any atom is -0.356 e. The molecule has 0 aliphatic carbocycles. The first-order valence-corrected chi connectivity index (χ1v) is 5.86. The highest BCUT2D eigenvalue weighted by atomic mass is 16.2. The number of likely N-dealkylation sites (tertiary alicyclic amines) is 1. The first-order chi connectivity index (χ1) is 8.15. The molecule has 5 nitrogen and oxygen atoms in total. The van der Waals surface area contributed by atoms with Crippen molar-refractivity contribution >= 4 is 17.7 Å². The number of amides is 3. The standard InChI is InChI=1S/C12H18N2O3/c1-2-3-4-8-13-10(15)7-9-14-11(16)5-6-12(14)17/h2-3H,4-9H2,1H3,(H,13,15)/b3-2+. The molecule has 0 bridgehead atoms. The van der Waals surface area contributed by atoms with Crippen molar-refractivity contribution < 1.29 is 14.4 Å². The molecule has 3 amide bonds. The number of nitrogens with zero attached hydrogens (tertiary/aromatic N) is 1. The van der Waals surface area contributed by atoms with Crippen LogP contribution >= 0.6 is 0 Å². The van der Waals surface area contributed by atoms with Crippen LogP contribution in [0.25, 0.3) is 0 Å². The molecule has 1 heterocycles. The highest BCUT2D eigenvalue weighted by molar-refractivity contribution is 6.02. The van der Waals surface area contributed by atoms with Gasteiger partial charge in [-0.25, -0.2) is 0 Å². The summed E-state index contributed by atoms with van der Waals surface area (Å²) in [4.78, 5) is 35.1. The van der Waals surface area contributed by atoms with Gasteiger partial charge in [-0.05, 0) is 13.3 Å². The number of carbonyl (C=O) groups excluding carboxylic acids is 3. The summed E-state index contributed by atoms with van der Waals surface area (Å²) in [5.74, 6) is -0.463. The summed E-state index contributed by atoms with van der Waals surface area (Å²) in [6, 6.07) is 0. The van der Waals surface area contributed by atoms with Gasteiger partial charge in [0.2, 0.25) is 17.7 Å². The zero-order chi connectivity index (χ0) is 12.7. The van der Waals surface area contributed by atoms with Gasteiger partial charge in [0.05, 0.1) is 0 Å². The molecule has 5 heteroatoms. The lowest BCUT2D eigenvalue weighted by Crippen LogP contribution is -2.34. The van der Waals surface area contributed by atoms with Crippen molar-refractivity contribution in [3.05, 3.63) is 12.2 Å². The SMILES string of the molecule is C/C=C/CCNC(=O)CCN1C(=O)CCC1=O. The van der Waals surface area contributed by atoms with E-state index >= 15 is 0 Å². The first-order valence-electron chi connectivity index (χ1n) is 5.86. The summed E-state index contributed by atoms with van der Waals surface area (Å²) in [7, 11) is 0. The maximum absolute atomic E-state index is 11.4. The van der Waals surface area contributed by atoms with Crippen LogP contribution in [0.5, 0.6) is 0 Å². The van der Waals surface area contributed by atoms with Gasteiger partial charge in [-0.2, -0.15) is 0 Å². The second-order valence-electron chi connectivity index (χ2n) is 3.90. The van der Waals surface area contributed by atoms with E-state index in [1.807, 2.05) is 19.1 Å². The zero-order valence-corrected chi connectivity index (χ0v) is 10.1. The van der Waals surface area contributed by atoms with Crippen molar-refractivity contribution in [3.8, 4) is 0 Å². The molecule has 0 spiro atoms. The lowest BCUT2D eigenvalue weighted by molar-refractivity contribution is -0.138. The quantitative estimate of drug-likeness (QED) is 0.419. The van der Waals surface area contributed by atoms with Gasteiger partial charge in [0.15, 0.2) is 0 Å². The smallest absolute Gasteiger partial charge is 0.229 e. The van der Waals surface area contributed by atoms with E-state index < -0.39 is 0 Å². The molecule has 0 saturated carbocycles. The Labute approximate surface area is 101 Å². The fraction of sp³-hybridized carbons (Fsp3) is 0.583. The maximum Gasteiger partial charge on any atom is 0.229 e. The lowest BCUT2D eigenvalue weighted by atomic mass is 10.3. The summed E-state index contributed by atoms with van der Waals surface area (Å²) >= 11 is 0. The Kier molecular flexibility index (Phi) is 5.39. The van der Waals surface area contributed by atoms with Crippen LogP contribution in [0.4, 0.5) is 0 Å². The molecule has 0 aromatic heterocycles. The normalized spacial score (nSPS) is 15.9. The molecule has 1 aliphatic rings. The van der Waals surface area contributed by atoms with Crippen LogP contribution in [0.1, 0.15) is 32.6 Å². The third-order valence-electron chi connectivity index (χ3n) is 2.59. The molecule has 1 rings (SSSR count). The number of imide groups is 1. The summed E-state index contributed by atoms with van der Waals surface area (Å²) in [5.41, 5.74) is 0. The Balaban J connectivity index is 2.19. The number of hydrogen-bond donors (Lipinski definition) is 1. The molecular formula is C12H18N2O3. The average molecular weight is 238 g/mol. The topological polar surface area (TPSA) is 66.5 Å². The predicted octanol–water partition coefficient (Wildman–Crippen LogP) is 0.608. The lowest BCUT2D eigenvalue weighted by Gasteiger charge is -2.12. The molecule has 1 fully saturated rings. The van der Waals surface area contributed by atoms with E-state index in [-0.39, 0.29) is 43.5 Å². The largest absolute Gasteiger partial charge is 0.356 e. The minimum absolute atomic E-state index is 0.123. The van der Waals surface area contributed by atoms with E-state index in [4.69, 9.17) is 0 Å². The van der Waals surface area contributed by atoms with E-state index in [0.717, 1.165) is 6.42 Å². The predicted molar refractivity (Wildman–Crippen MR) is 63.0 cm³/mol. The molecule has 1 N–H and O–H groups in total. The number of hydrogen-bond acceptors (Lipinski definition) is 3. The molecule has 0 aromatic rings. The number of rotatable bonds is 6. The fourth-order valence-electron chi connectivity index (χ4n) is 1.64. The third-order valence-corrected chi connectivity index (χ3v) is 2.59. The molecule has 0 radical (unpaired) electrons. The number of nitrogens with one attached hydrogen (secondary N) is 1. The van der Waals surface area contributed by atoms with Crippen LogP contribution in [-0.2, 0) is 14.4 Å². The highest BCUT2D eigenvalue weighted by Gasteiger charge is 2.28. The van der Waals surface area contributed by atoms with Gasteiger partial charge in [0, 0.05) is 32.4 Å². The van der Waals surface area contributed by atoms with Crippen LogP contribution in [0.2, 0.25) is 0 Å². The van der Waals surface area contributed by atoms with E-state index in [1.54, 1.807) is 0 Å². The molecular weight excluding hydrogens is 220 g/mol. The molecule has 17 heavy (non-hydrogen) atoms. The van der Waals surface area contributed by atoms with Gasteiger partial charge in [-0.1, -0.05) is 12.2 Å². The Morgan fingerprint density at radius 1 is 1.35 bits per heavy atom. The summed E-state index contributed by atoms with van der Waals surface area (Å²) in [6.45, 7) is 2.71. The van der Waals surface area contributed by atoms with Crippen LogP contribution in [0.15, 0.2) is 12.2 Å². The van der Waals surface area contributed by atoms with Crippen LogP contribution in [0.3, 0.4) is 0 Å². The van der Waals surface area contributed by atoms with Crippen molar-refractivity contribution in [1.82, 2.24) is 10.2 Å². The first kappa shape index (κ1) is 13.4. The fourth-order valence-corrected chi connectivity index (χ4v) is 1.64. The monoisotopic (exact) mass is 238 g/mol. The van der Waals surface area contributed by atoms with Gasteiger partial charge in [0.25, 0.3) is 0 Å². The van der Waals surface area contributed by atoms with Crippen molar-refractivity contribution in [2.75, 3.05) is 13.1 Å². The Morgan fingerprint density at radius 2 is 2.00 bits per heavy atom. The van der Waals surface area contributed by atoms with Gasteiger partial charge in [-0.3, -0.25) is 19.3 Å². The summed E-state index contributed by atoms with van der Waals surface area (Å²) in [5, 5.41) is 2.73. The van der Waals surface area contributed by atoms with Gasteiger partial charge in [0.1, 0.15) is 0 Å². The van der Waals surface area contributed by atoms with E-state index in [2.05, 4.69) is 5.32 Å². The van der Waals surface area contributed by atoms with E-state index in [0.29, 0.717) is 6.54 Å². The van der Waals surface area contributed by atoms with E-state index in [9.17, 15) is 14.4 Å². The summed E-state index contributed by atoms with van der Waals surface area (Å²) < 4.78 is 0. The van der Waals surface area contributed by atoms with Crippen molar-refractivity contribution in [2.24, 2.45) is 0 Å². The third kappa shape index (κ3) is 4.38. The van der Waals surface area contributed by atoms with Crippen molar-refractivity contribution in [1.29, 1.82) is 0 Å². The number of carbonyl (C=O) groups is 3. The Morgan fingerprint density at radius 3 is 2.59 bits per heavy atom. The van der Waals surface area contributed by atoms with Crippen LogP contribution in [-0.4, -0.2) is 35.7 Å². The van der Waals surface area contributed by atoms with E-state index in [1.165, 1.54) is 4.90 Å². The maximum atomic E-state index is 11.4. The molecule has 0 unspecified atom stereocenters. The molecule has 0 aromatic carbocycles. The van der Waals surface area contributed by atoms with Gasteiger partial charge < -0.3 is 5.32 Å². The van der Waals surface area contributed by atoms with Crippen molar-refractivity contribution in [3.63, 3.8) is 0 Å².